The van der Waals surface area contributed by atoms with E-state index in [1.165, 1.54) is 38.1 Å². The molecule has 2 rings (SSSR count). The van der Waals surface area contributed by atoms with E-state index in [0.29, 0.717) is 18.2 Å². The number of rotatable bonds is 8. The maximum atomic E-state index is 12.4. The van der Waals surface area contributed by atoms with E-state index in [0.717, 1.165) is 12.8 Å². The van der Waals surface area contributed by atoms with Gasteiger partial charge in [0.1, 0.15) is 0 Å². The highest BCUT2D eigenvalue weighted by Crippen LogP contribution is 2.32. The second-order valence-electron chi connectivity index (χ2n) is 6.24. The molecule has 2 atom stereocenters. The number of nitrogens with one attached hydrogen (secondary N) is 3. The molecule has 0 heterocycles. The molecule has 1 aliphatic rings. The first-order chi connectivity index (χ1) is 11.7. The second kappa shape index (κ2) is 9.31. The number of halogens is 1. The highest BCUT2D eigenvalue weighted by atomic mass is 35.5. The Morgan fingerprint density at radius 1 is 1.23 bits per heavy atom. The number of hydrogen-bond donors (Lipinski definition) is 4. The number of hydrogen-bond acceptors (Lipinski definition) is 5. The third-order valence-corrected chi connectivity index (χ3v) is 5.54. The van der Waals surface area contributed by atoms with E-state index in [1.807, 2.05) is 0 Å². The van der Waals surface area contributed by atoms with Gasteiger partial charge in [-0.1, -0.05) is 0 Å². The molecule has 2 amide bonds. The summed E-state index contributed by atoms with van der Waals surface area (Å²) in [6.45, 7) is 3.18. The van der Waals surface area contributed by atoms with Crippen molar-refractivity contribution in [1.82, 2.24) is 10.0 Å². The summed E-state index contributed by atoms with van der Waals surface area (Å²) in [6.07, 6.45) is 2.06. The Labute approximate surface area is 159 Å². The van der Waals surface area contributed by atoms with Crippen LogP contribution in [0.2, 0.25) is 0 Å². The van der Waals surface area contributed by atoms with E-state index in [1.54, 1.807) is 0 Å². The van der Waals surface area contributed by atoms with E-state index in [9.17, 15) is 18.0 Å². The third kappa shape index (κ3) is 6.24. The van der Waals surface area contributed by atoms with E-state index < -0.39 is 22.0 Å². The van der Waals surface area contributed by atoms with Crippen LogP contribution < -0.4 is 21.1 Å². The van der Waals surface area contributed by atoms with Gasteiger partial charge in [-0.3, -0.25) is 9.59 Å². The van der Waals surface area contributed by atoms with Crippen molar-refractivity contribution < 1.29 is 18.0 Å². The minimum absolute atomic E-state index is 0. The first-order valence-electron chi connectivity index (χ1n) is 8.13. The molecule has 0 bridgehead atoms. The Morgan fingerprint density at radius 2 is 1.81 bits per heavy atom. The molecular weight excluding hydrogens is 380 g/mol. The molecule has 146 valence electrons. The first-order valence-corrected chi connectivity index (χ1v) is 9.61. The normalized spacial score (nSPS) is 16.1. The van der Waals surface area contributed by atoms with E-state index in [-0.39, 0.29) is 29.3 Å². The Hall–Kier alpha value is -1.68. The maximum Gasteiger partial charge on any atom is 0.241 e. The summed E-state index contributed by atoms with van der Waals surface area (Å²) in [7, 11) is -3.85. The van der Waals surface area contributed by atoms with Crippen LogP contribution >= 0.6 is 12.4 Å². The highest BCUT2D eigenvalue weighted by Gasteiger charge is 2.32. The largest absolute Gasteiger partial charge is 0.350 e. The van der Waals surface area contributed by atoms with E-state index in [2.05, 4.69) is 15.4 Å². The summed E-state index contributed by atoms with van der Waals surface area (Å²) in [5.41, 5.74) is 6.14. The lowest BCUT2D eigenvalue weighted by Crippen LogP contribution is -2.50. The number of carbonyl (C=O) groups is 2. The fourth-order valence-electron chi connectivity index (χ4n) is 2.45. The van der Waals surface area contributed by atoms with Gasteiger partial charge >= 0.3 is 0 Å². The van der Waals surface area contributed by atoms with Gasteiger partial charge in [-0.15, -0.1) is 12.4 Å². The van der Waals surface area contributed by atoms with Gasteiger partial charge in [0.15, 0.2) is 0 Å². The molecule has 5 N–H and O–H groups in total. The number of amides is 2. The predicted octanol–water partition coefficient (Wildman–Crippen LogP) is 0.587. The average Bonchev–Trinajstić information content (AvgIpc) is 3.36. The monoisotopic (exact) mass is 404 g/mol. The van der Waals surface area contributed by atoms with Crippen LogP contribution in [0, 0.1) is 5.92 Å². The number of nitrogens with two attached hydrogens (primary N) is 1. The molecule has 0 spiro atoms. The SMILES string of the molecule is CC(=O)Nc1ccc(S(=O)(=O)NC(C)C(=O)NC(CN)C2CC2)cc1.Cl. The first kappa shape index (κ1) is 22.4. The van der Waals surface area contributed by atoms with Crippen LogP contribution in [-0.4, -0.2) is 38.9 Å². The quantitative estimate of drug-likeness (QED) is 0.503. The highest BCUT2D eigenvalue weighted by molar-refractivity contribution is 7.89. The van der Waals surface area contributed by atoms with Crippen LogP contribution in [0.5, 0.6) is 0 Å². The molecule has 0 aliphatic heterocycles. The van der Waals surface area contributed by atoms with Crippen LogP contribution in [0.3, 0.4) is 0 Å². The fourth-order valence-corrected chi connectivity index (χ4v) is 3.65. The number of anilines is 1. The third-order valence-electron chi connectivity index (χ3n) is 3.98. The predicted molar refractivity (Wildman–Crippen MR) is 101 cm³/mol. The summed E-state index contributed by atoms with van der Waals surface area (Å²) in [6, 6.07) is 4.66. The zero-order valence-corrected chi connectivity index (χ0v) is 16.3. The van der Waals surface area contributed by atoms with E-state index >= 15 is 0 Å². The Kier molecular flexibility index (Phi) is 8.01. The molecule has 1 aromatic carbocycles. The molecule has 0 saturated heterocycles. The lowest BCUT2D eigenvalue weighted by Gasteiger charge is -2.20. The summed E-state index contributed by atoms with van der Waals surface area (Å²) >= 11 is 0. The smallest absolute Gasteiger partial charge is 0.241 e. The molecule has 1 aliphatic carbocycles. The van der Waals surface area contributed by atoms with Crippen LogP contribution in [0.25, 0.3) is 0 Å². The molecule has 1 aromatic rings. The van der Waals surface area contributed by atoms with Gasteiger partial charge in [-0.05, 0) is 49.9 Å². The van der Waals surface area contributed by atoms with Crippen molar-refractivity contribution in [3.63, 3.8) is 0 Å². The number of sulfonamides is 1. The van der Waals surface area contributed by atoms with Crippen LogP contribution in [-0.2, 0) is 19.6 Å². The molecular formula is C16H25ClN4O4S. The van der Waals surface area contributed by atoms with Crippen LogP contribution in [0.1, 0.15) is 26.7 Å². The van der Waals surface area contributed by atoms with Gasteiger partial charge in [-0.25, -0.2) is 8.42 Å². The van der Waals surface area contributed by atoms with E-state index in [4.69, 9.17) is 5.73 Å². The summed E-state index contributed by atoms with van der Waals surface area (Å²) in [4.78, 5) is 23.2. The van der Waals surface area contributed by atoms with Crippen molar-refractivity contribution in [1.29, 1.82) is 0 Å². The average molecular weight is 405 g/mol. The van der Waals surface area contributed by atoms with Crippen LogP contribution in [0.15, 0.2) is 29.2 Å². The van der Waals surface area contributed by atoms with Gasteiger partial charge in [0.05, 0.1) is 10.9 Å². The lowest BCUT2D eigenvalue weighted by molar-refractivity contribution is -0.123. The van der Waals surface area contributed by atoms with Gasteiger partial charge < -0.3 is 16.4 Å². The minimum Gasteiger partial charge on any atom is -0.350 e. The molecule has 26 heavy (non-hydrogen) atoms. The fraction of sp³-hybridized carbons (Fsp3) is 0.500. The summed E-state index contributed by atoms with van der Waals surface area (Å²) in [5.74, 6) is -0.260. The van der Waals surface area contributed by atoms with Crippen molar-refractivity contribution in [2.75, 3.05) is 11.9 Å². The van der Waals surface area contributed by atoms with Crippen molar-refractivity contribution in [3.05, 3.63) is 24.3 Å². The van der Waals surface area contributed by atoms with Crippen molar-refractivity contribution in [2.24, 2.45) is 11.7 Å². The summed E-state index contributed by atoms with van der Waals surface area (Å²) < 4.78 is 27.1. The second-order valence-corrected chi connectivity index (χ2v) is 7.95. The van der Waals surface area contributed by atoms with Crippen molar-refractivity contribution >= 4 is 39.9 Å². The molecule has 1 fully saturated rings. The Balaban J connectivity index is 0.00000338. The van der Waals surface area contributed by atoms with Crippen molar-refractivity contribution in [3.8, 4) is 0 Å². The zero-order valence-electron chi connectivity index (χ0n) is 14.7. The molecule has 0 radical (unpaired) electrons. The Morgan fingerprint density at radius 3 is 2.27 bits per heavy atom. The van der Waals surface area contributed by atoms with Crippen LogP contribution in [0.4, 0.5) is 5.69 Å². The van der Waals surface area contributed by atoms with Gasteiger partial charge in [0.2, 0.25) is 21.8 Å². The topological polar surface area (TPSA) is 130 Å². The summed E-state index contributed by atoms with van der Waals surface area (Å²) in [5, 5.41) is 5.35. The van der Waals surface area contributed by atoms with Crippen molar-refractivity contribution in [2.45, 2.75) is 43.7 Å². The number of carbonyl (C=O) groups excluding carboxylic acids is 2. The molecule has 10 heteroatoms. The molecule has 2 unspecified atom stereocenters. The standard InChI is InChI=1S/C16H24N4O4S.ClH/c1-10(16(22)19-15(9-17)12-3-4-12)20-25(23,24)14-7-5-13(6-8-14)18-11(2)21;/h5-8,10,12,15,20H,3-4,9,17H2,1-2H3,(H,18,21)(H,19,22);1H. The molecule has 1 saturated carbocycles. The number of benzene rings is 1. The maximum absolute atomic E-state index is 12.4. The van der Waals surface area contributed by atoms with Gasteiger partial charge in [0, 0.05) is 25.2 Å². The Bertz CT molecular complexity index is 735. The van der Waals surface area contributed by atoms with Gasteiger partial charge in [0.25, 0.3) is 0 Å². The van der Waals surface area contributed by atoms with Gasteiger partial charge in [-0.2, -0.15) is 4.72 Å². The molecule has 0 aromatic heterocycles. The lowest BCUT2D eigenvalue weighted by atomic mass is 10.2. The minimum atomic E-state index is -3.85. The zero-order chi connectivity index (χ0) is 18.6. The molecule has 8 nitrogen and oxygen atoms in total.